The van der Waals surface area contributed by atoms with Crippen LogP contribution in [0, 0.1) is 0 Å². The highest BCUT2D eigenvalue weighted by molar-refractivity contribution is 8.00. The van der Waals surface area contributed by atoms with Gasteiger partial charge in [-0.1, -0.05) is 43.8 Å². The number of rotatable bonds is 8. The van der Waals surface area contributed by atoms with E-state index in [2.05, 4.69) is 6.07 Å². The Morgan fingerprint density at radius 1 is 1.15 bits per heavy atom. The molecular formula is C24H30N4O3S2. The topological polar surface area (TPSA) is 75.5 Å². The Morgan fingerprint density at radius 3 is 2.58 bits per heavy atom. The molecule has 0 spiro atoms. The summed E-state index contributed by atoms with van der Waals surface area (Å²) >= 11 is 1.42. The van der Waals surface area contributed by atoms with Crippen molar-refractivity contribution < 1.29 is 13.2 Å². The number of amides is 1. The van der Waals surface area contributed by atoms with Crippen LogP contribution in [-0.2, 0) is 27.8 Å². The number of imidazole rings is 1. The van der Waals surface area contributed by atoms with Crippen LogP contribution in [-0.4, -0.2) is 53.1 Å². The molecule has 0 N–H and O–H groups in total. The van der Waals surface area contributed by atoms with Gasteiger partial charge >= 0.3 is 0 Å². The maximum atomic E-state index is 13.2. The molecule has 1 amide bonds. The lowest BCUT2D eigenvalue weighted by atomic mass is 10.2. The van der Waals surface area contributed by atoms with Gasteiger partial charge in [-0.2, -0.15) is 4.31 Å². The number of nitrogens with zero attached hydrogens (tertiary/aromatic N) is 4. The van der Waals surface area contributed by atoms with Crippen LogP contribution in [0.5, 0.6) is 0 Å². The molecule has 0 unspecified atom stereocenters. The van der Waals surface area contributed by atoms with Gasteiger partial charge in [0.1, 0.15) is 0 Å². The van der Waals surface area contributed by atoms with Crippen molar-refractivity contribution in [3.63, 3.8) is 0 Å². The molecule has 3 aromatic rings. The zero-order valence-electron chi connectivity index (χ0n) is 19.5. The molecule has 0 fully saturated rings. The molecule has 0 saturated heterocycles. The molecule has 1 atom stereocenters. The zero-order chi connectivity index (χ0) is 23.8. The third kappa shape index (κ3) is 4.29. The Bertz CT molecular complexity index is 1280. The van der Waals surface area contributed by atoms with Crippen molar-refractivity contribution in [2.75, 3.05) is 24.5 Å². The summed E-state index contributed by atoms with van der Waals surface area (Å²) < 4.78 is 29.4. The number of para-hydroxylation sites is 1. The second-order valence-corrected chi connectivity index (χ2v) is 11.3. The second kappa shape index (κ2) is 9.48. The summed E-state index contributed by atoms with van der Waals surface area (Å²) in [7, 11) is -3.56. The first-order chi connectivity index (χ1) is 15.8. The van der Waals surface area contributed by atoms with E-state index < -0.39 is 10.0 Å². The molecular weight excluding hydrogens is 456 g/mol. The van der Waals surface area contributed by atoms with Crippen molar-refractivity contribution in [1.82, 2.24) is 13.9 Å². The second-order valence-electron chi connectivity index (χ2n) is 8.01. The minimum atomic E-state index is -3.56. The third-order valence-corrected chi connectivity index (χ3v) is 9.25. The fourth-order valence-corrected chi connectivity index (χ4v) is 6.88. The Balaban J connectivity index is 1.62. The van der Waals surface area contributed by atoms with Crippen LogP contribution in [0.25, 0.3) is 11.0 Å². The smallest absolute Gasteiger partial charge is 0.243 e. The average molecular weight is 487 g/mol. The highest BCUT2D eigenvalue weighted by Crippen LogP contribution is 2.33. The lowest BCUT2D eigenvalue weighted by Crippen LogP contribution is -2.35. The number of fused-ring (bicyclic) bond motifs is 2. The van der Waals surface area contributed by atoms with Gasteiger partial charge in [0.15, 0.2) is 5.16 Å². The van der Waals surface area contributed by atoms with Crippen LogP contribution in [0.4, 0.5) is 5.69 Å². The molecule has 176 valence electrons. The van der Waals surface area contributed by atoms with Gasteiger partial charge < -0.3 is 9.47 Å². The molecule has 2 heterocycles. The average Bonchev–Trinajstić information content (AvgIpc) is 3.39. The summed E-state index contributed by atoms with van der Waals surface area (Å²) in [6.07, 6.45) is 0.872. The lowest BCUT2D eigenvalue weighted by Gasteiger charge is -2.21. The number of benzene rings is 2. The first-order valence-corrected chi connectivity index (χ1v) is 13.7. The van der Waals surface area contributed by atoms with Gasteiger partial charge in [0.2, 0.25) is 15.9 Å². The van der Waals surface area contributed by atoms with E-state index in [4.69, 9.17) is 4.98 Å². The molecule has 9 heteroatoms. The van der Waals surface area contributed by atoms with Gasteiger partial charge in [-0.25, -0.2) is 13.4 Å². The number of sulfonamides is 1. The van der Waals surface area contributed by atoms with Gasteiger partial charge in [-0.05, 0) is 50.1 Å². The first kappa shape index (κ1) is 23.8. The minimum absolute atomic E-state index is 0.0597. The predicted octanol–water partition coefficient (Wildman–Crippen LogP) is 4.16. The van der Waals surface area contributed by atoms with E-state index in [0.29, 0.717) is 31.7 Å². The van der Waals surface area contributed by atoms with Gasteiger partial charge in [0.25, 0.3) is 0 Å². The van der Waals surface area contributed by atoms with Crippen LogP contribution < -0.4 is 4.90 Å². The van der Waals surface area contributed by atoms with E-state index in [9.17, 15) is 13.2 Å². The first-order valence-electron chi connectivity index (χ1n) is 11.4. The largest absolute Gasteiger partial charge is 0.319 e. The summed E-state index contributed by atoms with van der Waals surface area (Å²) in [6.45, 7) is 9.79. The fraction of sp³-hybridized carbons (Fsp3) is 0.417. The summed E-state index contributed by atoms with van der Waals surface area (Å²) in [5, 5.41) is 0.398. The number of carbonyl (C=O) groups is 1. The van der Waals surface area contributed by atoms with E-state index in [1.54, 1.807) is 12.1 Å². The normalized spacial score (nSPS) is 14.8. The number of aromatic nitrogens is 2. The number of hydrogen-bond acceptors (Lipinski definition) is 5. The molecule has 0 radical (unpaired) electrons. The Morgan fingerprint density at radius 2 is 1.88 bits per heavy atom. The van der Waals surface area contributed by atoms with Crippen molar-refractivity contribution in [3.8, 4) is 0 Å². The maximum Gasteiger partial charge on any atom is 0.243 e. The van der Waals surface area contributed by atoms with Crippen LogP contribution in [0.1, 0.15) is 33.3 Å². The Kier molecular flexibility index (Phi) is 6.83. The quantitative estimate of drug-likeness (QED) is 0.447. The summed E-state index contributed by atoms with van der Waals surface area (Å²) in [5.41, 5.74) is 3.68. The molecule has 2 aromatic carbocycles. The van der Waals surface area contributed by atoms with Gasteiger partial charge in [0.05, 0.1) is 21.2 Å². The molecule has 1 aliphatic heterocycles. The van der Waals surface area contributed by atoms with E-state index in [0.717, 1.165) is 22.8 Å². The molecule has 4 rings (SSSR count). The number of aryl methyl sites for hydroxylation is 1. The fourth-order valence-electron chi connectivity index (χ4n) is 4.35. The SMILES string of the molecule is CCN(CC)S(=O)(=O)c1ccc2c(c1)nc(S[C@@H](C)C(=O)N1CCc3ccccc31)n2CC. The van der Waals surface area contributed by atoms with Crippen LogP contribution in [0.15, 0.2) is 52.5 Å². The number of thioether (sulfide) groups is 1. The van der Waals surface area contributed by atoms with Crippen LogP contribution in [0.2, 0.25) is 0 Å². The monoisotopic (exact) mass is 486 g/mol. The number of anilines is 1. The Hall–Kier alpha value is -2.36. The zero-order valence-corrected chi connectivity index (χ0v) is 21.1. The highest BCUT2D eigenvalue weighted by Gasteiger charge is 2.29. The standard InChI is InChI=1S/C24H30N4O3S2/c1-5-26(6-2)33(30,31)19-12-13-22-20(16-19)25-24(27(22)7-3)32-17(4)23(29)28-15-14-18-10-8-9-11-21(18)28/h8-13,16-17H,5-7,14-15H2,1-4H3/t17-/m0/s1. The summed E-state index contributed by atoms with van der Waals surface area (Å²) in [4.78, 5) is 20.1. The third-order valence-electron chi connectivity index (χ3n) is 6.13. The lowest BCUT2D eigenvalue weighted by molar-refractivity contribution is -0.117. The van der Waals surface area contributed by atoms with E-state index >= 15 is 0 Å². The van der Waals surface area contributed by atoms with Crippen LogP contribution in [0.3, 0.4) is 0 Å². The van der Waals surface area contributed by atoms with Gasteiger partial charge in [-0.15, -0.1) is 0 Å². The van der Waals surface area contributed by atoms with Crippen molar-refractivity contribution in [2.45, 2.75) is 56.0 Å². The number of hydrogen-bond donors (Lipinski definition) is 0. The molecule has 1 aromatic heterocycles. The van der Waals surface area contributed by atoms with Gasteiger partial charge in [-0.3, -0.25) is 4.79 Å². The summed E-state index contributed by atoms with van der Waals surface area (Å²) in [5.74, 6) is 0.0597. The van der Waals surface area contributed by atoms with Crippen LogP contribution >= 0.6 is 11.8 Å². The van der Waals surface area contributed by atoms with Crippen molar-refractivity contribution in [3.05, 3.63) is 48.0 Å². The minimum Gasteiger partial charge on any atom is -0.319 e. The van der Waals surface area contributed by atoms with E-state index in [-0.39, 0.29) is 16.1 Å². The molecule has 33 heavy (non-hydrogen) atoms. The maximum absolute atomic E-state index is 13.2. The van der Waals surface area contributed by atoms with Crippen molar-refractivity contribution >= 4 is 44.4 Å². The van der Waals surface area contributed by atoms with E-state index in [1.807, 2.05) is 61.4 Å². The molecule has 1 aliphatic rings. The Labute approximate surface area is 199 Å². The highest BCUT2D eigenvalue weighted by atomic mass is 32.2. The van der Waals surface area contributed by atoms with Crippen molar-refractivity contribution in [2.24, 2.45) is 0 Å². The number of carbonyl (C=O) groups excluding carboxylic acids is 1. The predicted molar refractivity (Wildman–Crippen MR) is 133 cm³/mol. The van der Waals surface area contributed by atoms with E-state index in [1.165, 1.54) is 21.6 Å². The molecule has 0 aliphatic carbocycles. The van der Waals surface area contributed by atoms with Crippen molar-refractivity contribution in [1.29, 1.82) is 0 Å². The summed E-state index contributed by atoms with van der Waals surface area (Å²) in [6, 6.07) is 13.1. The molecule has 7 nitrogen and oxygen atoms in total. The molecule has 0 bridgehead atoms. The molecule has 0 saturated carbocycles. The van der Waals surface area contributed by atoms with Gasteiger partial charge in [0, 0.05) is 31.9 Å².